The third-order valence-corrected chi connectivity index (χ3v) is 4.07. The average Bonchev–Trinajstić information content (AvgIpc) is 2.70. The van der Waals surface area contributed by atoms with Gasteiger partial charge in [-0.3, -0.25) is 14.7 Å². The summed E-state index contributed by atoms with van der Waals surface area (Å²) in [5.74, 6) is -0.0286. The number of likely N-dealkylation sites (tertiary alicyclic amines) is 1. The van der Waals surface area contributed by atoms with Crippen LogP contribution in [0, 0.1) is 6.92 Å². The predicted molar refractivity (Wildman–Crippen MR) is 71.5 cm³/mol. The van der Waals surface area contributed by atoms with Gasteiger partial charge in [0.1, 0.15) is 5.60 Å². The number of carbonyl (C=O) groups is 1. The van der Waals surface area contributed by atoms with Crippen molar-refractivity contribution >= 4 is 5.97 Å². The van der Waals surface area contributed by atoms with Gasteiger partial charge >= 0.3 is 5.97 Å². The lowest BCUT2D eigenvalue weighted by Gasteiger charge is -2.39. The number of esters is 1. The van der Waals surface area contributed by atoms with E-state index in [1.807, 2.05) is 12.4 Å². The Morgan fingerprint density at radius 2 is 2.32 bits per heavy atom. The van der Waals surface area contributed by atoms with E-state index < -0.39 is 0 Å². The number of carbonyl (C=O) groups excluding carboxylic acids is 1. The highest BCUT2D eigenvalue weighted by molar-refractivity contribution is 5.72. The average molecular weight is 260 g/mol. The normalized spacial score (nSPS) is 27.7. The van der Waals surface area contributed by atoms with Gasteiger partial charge in [-0.25, -0.2) is 0 Å². The second-order valence-electron chi connectivity index (χ2n) is 5.84. The van der Waals surface area contributed by atoms with Crippen LogP contribution >= 0.6 is 0 Å². The highest BCUT2D eigenvalue weighted by atomic mass is 16.6. The minimum absolute atomic E-state index is 0.0286. The fraction of sp³-hybridized carbons (Fsp3) is 0.600. The molecule has 0 unspecified atom stereocenters. The summed E-state index contributed by atoms with van der Waals surface area (Å²) in [6.07, 6.45) is 7.39. The third-order valence-electron chi connectivity index (χ3n) is 4.07. The van der Waals surface area contributed by atoms with Gasteiger partial charge in [0.25, 0.3) is 0 Å². The van der Waals surface area contributed by atoms with Crippen LogP contribution in [0.25, 0.3) is 0 Å². The van der Waals surface area contributed by atoms with E-state index in [0.717, 1.165) is 38.9 Å². The maximum atomic E-state index is 11.4. The Kier molecular flexibility index (Phi) is 3.27. The van der Waals surface area contributed by atoms with Gasteiger partial charge < -0.3 is 4.74 Å². The topological polar surface area (TPSA) is 42.4 Å². The summed E-state index contributed by atoms with van der Waals surface area (Å²) in [5, 5.41) is 0. The van der Waals surface area contributed by atoms with Gasteiger partial charge in [0, 0.05) is 31.9 Å². The van der Waals surface area contributed by atoms with Gasteiger partial charge in [-0.2, -0.15) is 0 Å². The van der Waals surface area contributed by atoms with E-state index in [1.165, 1.54) is 11.1 Å². The maximum absolute atomic E-state index is 11.4. The molecule has 4 heteroatoms. The SMILES string of the molecule is Cc1cncc(CN2CCC[C@]3(CCC(=O)O3)C2)c1. The molecular formula is C15H20N2O2. The summed E-state index contributed by atoms with van der Waals surface area (Å²) < 4.78 is 5.59. The number of hydrogen-bond acceptors (Lipinski definition) is 4. The molecule has 1 aromatic rings. The van der Waals surface area contributed by atoms with E-state index in [2.05, 4.69) is 22.9 Å². The summed E-state index contributed by atoms with van der Waals surface area (Å²) in [5.41, 5.74) is 2.23. The maximum Gasteiger partial charge on any atom is 0.306 e. The third kappa shape index (κ3) is 2.78. The van der Waals surface area contributed by atoms with Crippen LogP contribution in [0.1, 0.15) is 36.8 Å². The van der Waals surface area contributed by atoms with Gasteiger partial charge in [0.15, 0.2) is 0 Å². The van der Waals surface area contributed by atoms with Crippen molar-refractivity contribution in [2.45, 2.75) is 44.8 Å². The number of ether oxygens (including phenoxy) is 1. The number of rotatable bonds is 2. The lowest BCUT2D eigenvalue weighted by Crippen LogP contribution is -2.47. The zero-order valence-corrected chi connectivity index (χ0v) is 11.4. The molecule has 19 heavy (non-hydrogen) atoms. The highest BCUT2D eigenvalue weighted by Crippen LogP contribution is 2.35. The molecule has 1 spiro atoms. The number of nitrogens with zero attached hydrogens (tertiary/aromatic N) is 2. The van der Waals surface area contributed by atoms with Crippen molar-refractivity contribution in [3.63, 3.8) is 0 Å². The van der Waals surface area contributed by atoms with E-state index in [-0.39, 0.29) is 11.6 Å². The molecule has 3 heterocycles. The number of aryl methyl sites for hydroxylation is 1. The van der Waals surface area contributed by atoms with Gasteiger partial charge in [-0.15, -0.1) is 0 Å². The largest absolute Gasteiger partial charge is 0.458 e. The Bertz CT molecular complexity index is 489. The fourth-order valence-electron chi connectivity index (χ4n) is 3.25. The first-order chi connectivity index (χ1) is 9.15. The summed E-state index contributed by atoms with van der Waals surface area (Å²) in [4.78, 5) is 18.0. The van der Waals surface area contributed by atoms with Crippen LogP contribution in [0.4, 0.5) is 0 Å². The molecule has 0 bridgehead atoms. The van der Waals surface area contributed by atoms with Gasteiger partial charge in [0.2, 0.25) is 0 Å². The minimum atomic E-state index is -0.202. The quantitative estimate of drug-likeness (QED) is 0.763. The lowest BCUT2D eigenvalue weighted by molar-refractivity contribution is -0.152. The molecule has 4 nitrogen and oxygen atoms in total. The van der Waals surface area contributed by atoms with E-state index in [0.29, 0.717) is 6.42 Å². The highest BCUT2D eigenvalue weighted by Gasteiger charge is 2.43. The number of piperidine rings is 1. The summed E-state index contributed by atoms with van der Waals surface area (Å²) in [6.45, 7) is 4.90. The fourth-order valence-corrected chi connectivity index (χ4v) is 3.25. The predicted octanol–water partition coefficient (Wildman–Crippen LogP) is 2.06. The molecule has 1 aromatic heterocycles. The zero-order valence-electron chi connectivity index (χ0n) is 11.4. The standard InChI is InChI=1S/C15H20N2O2/c1-12-7-13(9-16-8-12)10-17-6-2-4-15(11-17)5-3-14(18)19-15/h7-9H,2-6,10-11H2,1H3/t15-/m0/s1. The van der Waals surface area contributed by atoms with Crippen molar-refractivity contribution in [3.05, 3.63) is 29.6 Å². The molecule has 3 rings (SSSR count). The lowest BCUT2D eigenvalue weighted by atomic mass is 9.90. The smallest absolute Gasteiger partial charge is 0.306 e. The molecule has 102 valence electrons. The zero-order chi connectivity index (χ0) is 13.3. The van der Waals surface area contributed by atoms with Crippen molar-refractivity contribution in [1.82, 2.24) is 9.88 Å². The summed E-state index contributed by atoms with van der Waals surface area (Å²) in [6, 6.07) is 2.18. The van der Waals surface area contributed by atoms with Crippen LogP contribution in [0.3, 0.4) is 0 Å². The molecule has 0 saturated carbocycles. The monoisotopic (exact) mass is 260 g/mol. The molecule has 0 amide bonds. The van der Waals surface area contributed by atoms with E-state index in [1.54, 1.807) is 0 Å². The van der Waals surface area contributed by atoms with Gasteiger partial charge in [-0.05, 0) is 43.9 Å². The number of hydrogen-bond donors (Lipinski definition) is 0. The van der Waals surface area contributed by atoms with Gasteiger partial charge in [0.05, 0.1) is 0 Å². The van der Waals surface area contributed by atoms with E-state index >= 15 is 0 Å². The molecule has 2 aliphatic heterocycles. The number of pyridine rings is 1. The molecule has 1 atom stereocenters. The molecule has 2 aliphatic rings. The minimum Gasteiger partial charge on any atom is -0.458 e. The number of aromatic nitrogens is 1. The van der Waals surface area contributed by atoms with Crippen LogP contribution in [0.5, 0.6) is 0 Å². The Hall–Kier alpha value is -1.42. The van der Waals surface area contributed by atoms with Crippen molar-refractivity contribution in [2.24, 2.45) is 0 Å². The first-order valence-electron chi connectivity index (χ1n) is 7.00. The van der Waals surface area contributed by atoms with Crippen LogP contribution in [-0.2, 0) is 16.1 Å². The Morgan fingerprint density at radius 3 is 3.05 bits per heavy atom. The Labute approximate surface area is 113 Å². The first-order valence-corrected chi connectivity index (χ1v) is 7.00. The van der Waals surface area contributed by atoms with E-state index in [9.17, 15) is 4.79 Å². The van der Waals surface area contributed by atoms with Crippen molar-refractivity contribution < 1.29 is 9.53 Å². The van der Waals surface area contributed by atoms with Gasteiger partial charge in [-0.1, -0.05) is 6.07 Å². The Balaban J connectivity index is 1.67. The molecule has 0 aromatic carbocycles. The van der Waals surface area contributed by atoms with Crippen molar-refractivity contribution in [1.29, 1.82) is 0 Å². The van der Waals surface area contributed by atoms with Crippen LogP contribution in [0.2, 0.25) is 0 Å². The van der Waals surface area contributed by atoms with Crippen LogP contribution in [0.15, 0.2) is 18.5 Å². The van der Waals surface area contributed by atoms with Crippen molar-refractivity contribution in [2.75, 3.05) is 13.1 Å². The summed E-state index contributed by atoms with van der Waals surface area (Å²) in [7, 11) is 0. The molecule has 2 saturated heterocycles. The molecule has 0 aliphatic carbocycles. The van der Waals surface area contributed by atoms with Crippen molar-refractivity contribution in [3.8, 4) is 0 Å². The molecule has 2 fully saturated rings. The van der Waals surface area contributed by atoms with E-state index in [4.69, 9.17) is 4.74 Å². The molecule has 0 N–H and O–H groups in total. The van der Waals surface area contributed by atoms with Crippen LogP contribution < -0.4 is 0 Å². The Morgan fingerprint density at radius 1 is 1.42 bits per heavy atom. The summed E-state index contributed by atoms with van der Waals surface area (Å²) >= 11 is 0. The first kappa shape index (κ1) is 12.6. The van der Waals surface area contributed by atoms with Crippen LogP contribution in [-0.4, -0.2) is 34.5 Å². The second-order valence-corrected chi connectivity index (χ2v) is 5.84. The second kappa shape index (κ2) is 4.93. The molecular weight excluding hydrogens is 240 g/mol. The molecule has 0 radical (unpaired) electrons.